The van der Waals surface area contributed by atoms with E-state index >= 15 is 0 Å². The lowest BCUT2D eigenvalue weighted by atomic mass is 9.92. The molecular weight excluding hydrogens is 400 g/mol. The van der Waals surface area contributed by atoms with E-state index in [1.807, 2.05) is 45.0 Å². The maximum Gasteiger partial charge on any atom is 0.277 e. The largest absolute Gasteiger partial charge is 0.351 e. The second-order valence-electron chi connectivity index (χ2n) is 10.3. The van der Waals surface area contributed by atoms with E-state index in [1.54, 1.807) is 9.58 Å². The second kappa shape index (κ2) is 8.05. The van der Waals surface area contributed by atoms with Crippen LogP contribution in [-0.2, 0) is 11.3 Å². The number of aromatic nitrogens is 2. The zero-order valence-corrected chi connectivity index (χ0v) is 19.5. The quantitative estimate of drug-likeness (QED) is 0.713. The molecule has 6 heteroatoms. The van der Waals surface area contributed by atoms with Crippen molar-refractivity contribution in [3.63, 3.8) is 0 Å². The Labute approximate surface area is 190 Å². The van der Waals surface area contributed by atoms with Crippen molar-refractivity contribution in [3.05, 3.63) is 46.8 Å². The van der Waals surface area contributed by atoms with E-state index in [1.165, 1.54) is 12.8 Å². The van der Waals surface area contributed by atoms with Crippen LogP contribution in [0, 0.1) is 13.8 Å². The number of hydrogen-bond donors (Lipinski definition) is 1. The number of benzene rings is 1. The molecule has 2 fully saturated rings. The van der Waals surface area contributed by atoms with Gasteiger partial charge in [0.2, 0.25) is 5.91 Å². The maximum atomic E-state index is 13.9. The lowest BCUT2D eigenvalue weighted by Gasteiger charge is -2.44. The highest BCUT2D eigenvalue weighted by Gasteiger charge is 2.50. The minimum atomic E-state index is -1.04. The third-order valence-corrected chi connectivity index (χ3v) is 7.45. The van der Waals surface area contributed by atoms with E-state index in [0.29, 0.717) is 18.2 Å². The normalized spacial score (nSPS) is 24.2. The summed E-state index contributed by atoms with van der Waals surface area (Å²) >= 11 is 0. The van der Waals surface area contributed by atoms with Gasteiger partial charge in [-0.25, -0.2) is 0 Å². The molecule has 0 unspecified atom stereocenters. The summed E-state index contributed by atoms with van der Waals surface area (Å²) in [7, 11) is 0. The summed E-state index contributed by atoms with van der Waals surface area (Å²) in [6.07, 6.45) is 9.05. The number of aryl methyl sites for hydroxylation is 2. The van der Waals surface area contributed by atoms with Crippen LogP contribution in [0.1, 0.15) is 91.5 Å². The molecule has 2 saturated carbocycles. The van der Waals surface area contributed by atoms with Crippen LogP contribution in [-0.4, -0.2) is 33.2 Å². The lowest BCUT2D eigenvalue weighted by molar-refractivity contribution is -0.127. The first kappa shape index (κ1) is 21.2. The van der Waals surface area contributed by atoms with Gasteiger partial charge in [-0.05, 0) is 69.7 Å². The number of hydrogen-bond acceptors (Lipinski definition) is 3. The zero-order valence-electron chi connectivity index (χ0n) is 19.5. The van der Waals surface area contributed by atoms with Crippen molar-refractivity contribution < 1.29 is 9.59 Å². The molecule has 2 amide bonds. The zero-order chi connectivity index (χ0) is 22.5. The average Bonchev–Trinajstić information content (AvgIpc) is 3.56. The average molecular weight is 435 g/mol. The van der Waals surface area contributed by atoms with E-state index in [9.17, 15) is 9.59 Å². The van der Waals surface area contributed by atoms with E-state index < -0.39 is 5.54 Å². The van der Waals surface area contributed by atoms with Crippen LogP contribution in [0.25, 0.3) is 0 Å². The number of rotatable bonds is 4. The molecule has 1 aromatic heterocycles. The van der Waals surface area contributed by atoms with Gasteiger partial charge in [0, 0.05) is 17.6 Å². The van der Waals surface area contributed by atoms with Crippen LogP contribution < -0.4 is 10.2 Å². The lowest BCUT2D eigenvalue weighted by Crippen LogP contribution is -2.65. The van der Waals surface area contributed by atoms with E-state index in [0.717, 1.165) is 61.0 Å². The van der Waals surface area contributed by atoms with Crippen molar-refractivity contribution in [1.82, 2.24) is 15.1 Å². The van der Waals surface area contributed by atoms with Gasteiger partial charge in [-0.1, -0.05) is 37.8 Å². The number of carbonyl (C=O) groups excluding carboxylic acids is 2. The second-order valence-corrected chi connectivity index (χ2v) is 10.3. The number of carbonyl (C=O) groups is 2. The van der Waals surface area contributed by atoms with Crippen molar-refractivity contribution in [2.24, 2.45) is 0 Å². The molecule has 1 N–H and O–H groups in total. The van der Waals surface area contributed by atoms with Crippen LogP contribution in [0.5, 0.6) is 0 Å². The fourth-order valence-corrected chi connectivity index (χ4v) is 5.28. The molecule has 1 atom stereocenters. The first-order valence-electron chi connectivity index (χ1n) is 12.2. The standard InChI is InChI=1S/C26H34N4O2/c1-17-10-11-18(2)22(14-17)30-24(31)23-15-21(19-12-13-19)28-29(23)16-26(30,3)25(32)27-20-8-6-4-5-7-9-20/h10-11,14-15,19-20H,4-9,12-13,16H2,1-3H3,(H,27,32)/t26-/m0/s1. The SMILES string of the molecule is Cc1ccc(C)c(N2C(=O)c3cc(C4CC4)nn3C[C@@]2(C)C(=O)NC2CCCCCC2)c1. The molecule has 0 bridgehead atoms. The van der Waals surface area contributed by atoms with Gasteiger partial charge in [-0.2, -0.15) is 5.10 Å². The van der Waals surface area contributed by atoms with Gasteiger partial charge in [0.25, 0.3) is 5.91 Å². The Kier molecular flexibility index (Phi) is 5.34. The Morgan fingerprint density at radius 3 is 2.47 bits per heavy atom. The summed E-state index contributed by atoms with van der Waals surface area (Å²) in [5.74, 6) is 0.247. The summed E-state index contributed by atoms with van der Waals surface area (Å²) in [6, 6.07) is 8.23. The third-order valence-electron chi connectivity index (χ3n) is 7.45. The Bertz CT molecular complexity index is 1050. The van der Waals surface area contributed by atoms with Gasteiger partial charge < -0.3 is 5.32 Å². The monoisotopic (exact) mass is 434 g/mol. The first-order chi connectivity index (χ1) is 15.4. The summed E-state index contributed by atoms with van der Waals surface area (Å²) in [4.78, 5) is 29.5. The smallest absolute Gasteiger partial charge is 0.277 e. The van der Waals surface area contributed by atoms with Crippen LogP contribution >= 0.6 is 0 Å². The molecule has 0 radical (unpaired) electrons. The number of nitrogens with zero attached hydrogens (tertiary/aromatic N) is 3. The Hall–Kier alpha value is -2.63. The number of anilines is 1. The Morgan fingerprint density at radius 1 is 1.06 bits per heavy atom. The highest BCUT2D eigenvalue weighted by molar-refractivity contribution is 6.12. The molecule has 170 valence electrons. The van der Waals surface area contributed by atoms with Gasteiger partial charge in [0.15, 0.2) is 0 Å². The van der Waals surface area contributed by atoms with Crippen molar-refractivity contribution in [1.29, 1.82) is 0 Å². The summed E-state index contributed by atoms with van der Waals surface area (Å²) in [6.45, 7) is 6.30. The predicted molar refractivity (Wildman–Crippen MR) is 125 cm³/mol. The first-order valence-corrected chi connectivity index (χ1v) is 12.2. The number of amides is 2. The van der Waals surface area contributed by atoms with Crippen LogP contribution in [0.2, 0.25) is 0 Å². The molecule has 3 aliphatic rings. The summed E-state index contributed by atoms with van der Waals surface area (Å²) in [5.41, 5.74) is 3.42. The summed E-state index contributed by atoms with van der Waals surface area (Å²) in [5, 5.41) is 8.08. The number of fused-ring (bicyclic) bond motifs is 1. The van der Waals surface area contributed by atoms with E-state index in [4.69, 9.17) is 5.10 Å². The molecule has 2 heterocycles. The Morgan fingerprint density at radius 2 is 1.78 bits per heavy atom. The van der Waals surface area contributed by atoms with Crippen LogP contribution in [0.4, 0.5) is 5.69 Å². The van der Waals surface area contributed by atoms with Crippen LogP contribution in [0.3, 0.4) is 0 Å². The van der Waals surface area contributed by atoms with Gasteiger partial charge in [-0.15, -0.1) is 0 Å². The van der Waals surface area contributed by atoms with Crippen molar-refractivity contribution >= 4 is 17.5 Å². The number of nitrogens with one attached hydrogen (secondary N) is 1. The fourth-order valence-electron chi connectivity index (χ4n) is 5.28. The van der Waals surface area contributed by atoms with E-state index in [-0.39, 0.29) is 17.9 Å². The molecule has 2 aliphatic carbocycles. The van der Waals surface area contributed by atoms with Gasteiger partial charge in [-0.3, -0.25) is 19.2 Å². The van der Waals surface area contributed by atoms with Gasteiger partial charge >= 0.3 is 0 Å². The molecular formula is C26H34N4O2. The topological polar surface area (TPSA) is 67.2 Å². The van der Waals surface area contributed by atoms with Crippen LogP contribution in [0.15, 0.2) is 24.3 Å². The molecule has 6 nitrogen and oxygen atoms in total. The van der Waals surface area contributed by atoms with E-state index in [2.05, 4.69) is 5.32 Å². The van der Waals surface area contributed by atoms with Crippen molar-refractivity contribution in [3.8, 4) is 0 Å². The molecule has 2 aromatic rings. The molecule has 0 saturated heterocycles. The minimum Gasteiger partial charge on any atom is -0.351 e. The van der Waals surface area contributed by atoms with Gasteiger partial charge in [0.05, 0.1) is 12.2 Å². The molecule has 0 spiro atoms. The molecule has 1 aliphatic heterocycles. The summed E-state index contributed by atoms with van der Waals surface area (Å²) < 4.78 is 1.78. The molecule has 32 heavy (non-hydrogen) atoms. The molecule has 1 aromatic carbocycles. The highest BCUT2D eigenvalue weighted by atomic mass is 16.2. The maximum absolute atomic E-state index is 13.9. The minimum absolute atomic E-state index is 0.0761. The predicted octanol–water partition coefficient (Wildman–Crippen LogP) is 4.64. The van der Waals surface area contributed by atoms with Crippen molar-refractivity contribution in [2.45, 2.75) is 96.2 Å². The van der Waals surface area contributed by atoms with Crippen molar-refractivity contribution in [2.75, 3.05) is 4.90 Å². The van der Waals surface area contributed by atoms with Gasteiger partial charge in [0.1, 0.15) is 11.2 Å². The highest BCUT2D eigenvalue weighted by Crippen LogP contribution is 2.41. The molecule has 5 rings (SSSR count). The fraction of sp³-hybridized carbons (Fsp3) is 0.577. The third kappa shape index (κ3) is 3.74. The Balaban J connectivity index is 1.55.